The summed E-state index contributed by atoms with van der Waals surface area (Å²) in [6.07, 6.45) is 1.51. The lowest BCUT2D eigenvalue weighted by atomic mass is 10.2. The number of hydrogen-bond acceptors (Lipinski definition) is 4. The van der Waals surface area contributed by atoms with E-state index in [0.29, 0.717) is 11.5 Å². The fourth-order valence-corrected chi connectivity index (χ4v) is 3.30. The second-order valence-corrected chi connectivity index (χ2v) is 6.68. The van der Waals surface area contributed by atoms with Gasteiger partial charge in [-0.15, -0.1) is 0 Å². The minimum Gasteiger partial charge on any atom is -0.495 e. The number of nitrogens with one attached hydrogen (secondary N) is 1. The highest BCUT2D eigenvalue weighted by Crippen LogP contribution is 2.31. The average Bonchev–Trinajstić information content (AvgIpc) is 2.54. The molecule has 24 heavy (non-hydrogen) atoms. The minimum absolute atomic E-state index is 0.111. The van der Waals surface area contributed by atoms with Gasteiger partial charge in [-0.2, -0.15) is 5.10 Å². The van der Waals surface area contributed by atoms with Crippen LogP contribution in [-0.2, 0) is 4.79 Å². The summed E-state index contributed by atoms with van der Waals surface area (Å²) in [6.45, 7) is 1.87. The Labute approximate surface area is 157 Å². The van der Waals surface area contributed by atoms with E-state index < -0.39 is 0 Å². The highest BCUT2D eigenvalue weighted by Gasteiger charge is 2.08. The number of methoxy groups -OCH3 is 1. The zero-order valence-corrected chi connectivity index (χ0v) is 16.3. The lowest BCUT2D eigenvalue weighted by Gasteiger charge is -2.08. The van der Waals surface area contributed by atoms with Crippen molar-refractivity contribution in [2.24, 2.45) is 5.10 Å². The summed E-state index contributed by atoms with van der Waals surface area (Å²) in [5, 5.41) is 3.93. The summed E-state index contributed by atoms with van der Waals surface area (Å²) in [7, 11) is 1.57. The van der Waals surface area contributed by atoms with Gasteiger partial charge >= 0.3 is 0 Å². The Morgan fingerprint density at radius 1 is 1.25 bits per heavy atom. The van der Waals surface area contributed by atoms with Gasteiger partial charge in [0.1, 0.15) is 11.5 Å². The Kier molecular flexibility index (Phi) is 6.81. The van der Waals surface area contributed by atoms with Gasteiger partial charge in [-0.05, 0) is 47.1 Å². The van der Waals surface area contributed by atoms with Crippen LogP contribution in [0.1, 0.15) is 11.1 Å². The van der Waals surface area contributed by atoms with Crippen molar-refractivity contribution in [1.82, 2.24) is 5.43 Å². The molecule has 2 aromatic carbocycles. The van der Waals surface area contributed by atoms with Crippen LogP contribution in [0.25, 0.3) is 0 Å². The Morgan fingerprint density at radius 3 is 2.62 bits per heavy atom. The molecular formula is C17H16Br2N2O3. The summed E-state index contributed by atoms with van der Waals surface area (Å²) in [5.74, 6) is 0.921. The monoisotopic (exact) mass is 454 g/mol. The third kappa shape index (κ3) is 5.35. The van der Waals surface area contributed by atoms with Crippen LogP contribution in [0.4, 0.5) is 0 Å². The molecule has 1 N–H and O–H groups in total. The summed E-state index contributed by atoms with van der Waals surface area (Å²) >= 11 is 6.81. The summed E-state index contributed by atoms with van der Waals surface area (Å²) in [6, 6.07) is 11.2. The van der Waals surface area contributed by atoms with Crippen molar-refractivity contribution >= 4 is 44.0 Å². The number of amides is 1. The van der Waals surface area contributed by atoms with Crippen LogP contribution in [0, 0.1) is 6.92 Å². The summed E-state index contributed by atoms with van der Waals surface area (Å²) in [4.78, 5) is 11.8. The first-order valence-corrected chi connectivity index (χ1v) is 8.62. The molecule has 0 heterocycles. The predicted octanol–water partition coefficient (Wildman–Crippen LogP) is 4.06. The molecule has 0 fully saturated rings. The van der Waals surface area contributed by atoms with Gasteiger partial charge in [0, 0.05) is 10.0 Å². The number of ether oxygens (including phenoxy) is 2. The van der Waals surface area contributed by atoms with Gasteiger partial charge in [-0.1, -0.05) is 33.6 Å². The maximum atomic E-state index is 11.8. The zero-order valence-electron chi connectivity index (χ0n) is 13.2. The average molecular weight is 456 g/mol. The number of aryl methyl sites for hydroxylation is 1. The van der Waals surface area contributed by atoms with Gasteiger partial charge < -0.3 is 9.47 Å². The van der Waals surface area contributed by atoms with Gasteiger partial charge in [0.15, 0.2) is 6.61 Å². The number of carbonyl (C=O) groups is 1. The van der Waals surface area contributed by atoms with Gasteiger partial charge in [0.2, 0.25) is 0 Å². The fraction of sp³-hybridized carbons (Fsp3) is 0.176. The molecule has 0 aliphatic carbocycles. The lowest BCUT2D eigenvalue weighted by Crippen LogP contribution is -2.24. The molecule has 0 spiro atoms. The van der Waals surface area contributed by atoms with E-state index in [1.807, 2.05) is 43.3 Å². The van der Waals surface area contributed by atoms with E-state index in [-0.39, 0.29) is 12.5 Å². The third-order valence-electron chi connectivity index (χ3n) is 3.03. The Bertz CT molecular complexity index is 746. The number of halogens is 2. The second kappa shape index (κ2) is 8.84. The SMILES string of the molecule is COc1c(Br)cc(Br)cc1/C=N\NC(=O)COc1ccc(C)cc1. The van der Waals surface area contributed by atoms with Gasteiger partial charge in [-0.25, -0.2) is 5.43 Å². The van der Waals surface area contributed by atoms with Crippen molar-refractivity contribution in [2.45, 2.75) is 6.92 Å². The van der Waals surface area contributed by atoms with Crippen molar-refractivity contribution in [3.63, 3.8) is 0 Å². The number of carbonyl (C=O) groups excluding carboxylic acids is 1. The largest absolute Gasteiger partial charge is 0.495 e. The molecule has 2 aromatic rings. The van der Waals surface area contributed by atoms with Crippen molar-refractivity contribution in [3.8, 4) is 11.5 Å². The molecule has 0 aliphatic heterocycles. The maximum absolute atomic E-state index is 11.8. The highest BCUT2D eigenvalue weighted by molar-refractivity contribution is 9.11. The molecule has 0 bridgehead atoms. The molecule has 5 nitrogen and oxygen atoms in total. The van der Waals surface area contributed by atoms with Crippen LogP contribution in [-0.4, -0.2) is 25.8 Å². The van der Waals surface area contributed by atoms with Crippen molar-refractivity contribution < 1.29 is 14.3 Å². The number of nitrogens with zero attached hydrogens (tertiary/aromatic N) is 1. The number of benzene rings is 2. The maximum Gasteiger partial charge on any atom is 0.277 e. The van der Waals surface area contributed by atoms with Crippen molar-refractivity contribution in [3.05, 3.63) is 56.5 Å². The van der Waals surface area contributed by atoms with Crippen LogP contribution in [0.3, 0.4) is 0 Å². The van der Waals surface area contributed by atoms with Crippen LogP contribution in [0.2, 0.25) is 0 Å². The molecule has 0 saturated carbocycles. The van der Waals surface area contributed by atoms with Crippen LogP contribution < -0.4 is 14.9 Å². The third-order valence-corrected chi connectivity index (χ3v) is 4.07. The Morgan fingerprint density at radius 2 is 1.96 bits per heavy atom. The molecule has 0 radical (unpaired) electrons. The quantitative estimate of drug-likeness (QED) is 0.527. The van der Waals surface area contributed by atoms with E-state index in [9.17, 15) is 4.79 Å². The highest BCUT2D eigenvalue weighted by atomic mass is 79.9. The Balaban J connectivity index is 1.91. The summed E-state index contributed by atoms with van der Waals surface area (Å²) in [5.41, 5.74) is 4.27. The Hall–Kier alpha value is -1.86. The molecule has 0 unspecified atom stereocenters. The molecule has 1 amide bonds. The van der Waals surface area contributed by atoms with Crippen LogP contribution in [0.5, 0.6) is 11.5 Å². The van der Waals surface area contributed by atoms with E-state index in [1.54, 1.807) is 7.11 Å². The van der Waals surface area contributed by atoms with E-state index in [4.69, 9.17) is 9.47 Å². The normalized spacial score (nSPS) is 10.7. The predicted molar refractivity (Wildman–Crippen MR) is 101 cm³/mol. The topological polar surface area (TPSA) is 59.9 Å². The first-order valence-electron chi connectivity index (χ1n) is 7.04. The van der Waals surface area contributed by atoms with E-state index >= 15 is 0 Å². The van der Waals surface area contributed by atoms with E-state index in [2.05, 4.69) is 42.4 Å². The molecule has 7 heteroatoms. The van der Waals surface area contributed by atoms with Crippen molar-refractivity contribution in [1.29, 1.82) is 0 Å². The second-order valence-electron chi connectivity index (χ2n) is 4.90. The first-order chi connectivity index (χ1) is 11.5. The smallest absolute Gasteiger partial charge is 0.277 e. The molecule has 2 rings (SSSR count). The van der Waals surface area contributed by atoms with E-state index in [0.717, 1.165) is 20.1 Å². The van der Waals surface area contributed by atoms with Crippen LogP contribution >= 0.6 is 31.9 Å². The molecule has 0 atom stereocenters. The fourth-order valence-electron chi connectivity index (χ4n) is 1.88. The van der Waals surface area contributed by atoms with Crippen molar-refractivity contribution in [2.75, 3.05) is 13.7 Å². The van der Waals surface area contributed by atoms with Gasteiger partial charge in [0.25, 0.3) is 5.91 Å². The molecular weight excluding hydrogens is 440 g/mol. The van der Waals surface area contributed by atoms with Gasteiger partial charge in [0.05, 0.1) is 17.8 Å². The molecule has 126 valence electrons. The molecule has 0 aromatic heterocycles. The molecule has 0 saturated heterocycles. The number of hydrogen-bond donors (Lipinski definition) is 1. The van der Waals surface area contributed by atoms with Gasteiger partial charge in [-0.3, -0.25) is 4.79 Å². The number of hydrazone groups is 1. The minimum atomic E-state index is -0.347. The first kappa shape index (κ1) is 18.5. The summed E-state index contributed by atoms with van der Waals surface area (Å²) < 4.78 is 12.3. The standard InChI is InChI=1S/C17H16Br2N2O3/c1-11-3-5-14(6-4-11)24-10-16(22)21-20-9-12-7-13(18)8-15(19)17(12)23-2/h3-9H,10H2,1-2H3,(H,21,22)/b20-9-. The lowest BCUT2D eigenvalue weighted by molar-refractivity contribution is -0.123. The number of rotatable bonds is 6. The van der Waals surface area contributed by atoms with Crippen LogP contribution in [0.15, 0.2) is 50.4 Å². The zero-order chi connectivity index (χ0) is 17.5. The molecule has 0 aliphatic rings. The van der Waals surface area contributed by atoms with E-state index in [1.165, 1.54) is 6.21 Å².